The van der Waals surface area contributed by atoms with Crippen LogP contribution in [0, 0.1) is 5.82 Å². The first-order valence-corrected chi connectivity index (χ1v) is 11.3. The van der Waals surface area contributed by atoms with Crippen LogP contribution in [0.4, 0.5) is 14.9 Å². The Balaban J connectivity index is 1.59. The van der Waals surface area contributed by atoms with E-state index in [0.717, 1.165) is 0 Å². The molecule has 0 bridgehead atoms. The van der Waals surface area contributed by atoms with Crippen LogP contribution in [0.25, 0.3) is 0 Å². The zero-order valence-electron chi connectivity index (χ0n) is 19.3. The van der Waals surface area contributed by atoms with Gasteiger partial charge in [-0.3, -0.25) is 4.90 Å². The van der Waals surface area contributed by atoms with E-state index in [-0.39, 0.29) is 12.4 Å². The van der Waals surface area contributed by atoms with Gasteiger partial charge in [-0.25, -0.2) is 14.0 Å². The average molecular weight is 469 g/mol. The Labute approximate surface area is 198 Å². The number of hydrogen-bond donors (Lipinski definition) is 2. The van der Waals surface area contributed by atoms with Crippen LogP contribution in [0.1, 0.15) is 18.5 Å². The summed E-state index contributed by atoms with van der Waals surface area (Å²) < 4.78 is 25.0. The Morgan fingerprint density at radius 3 is 2.50 bits per heavy atom. The molecule has 1 saturated heterocycles. The predicted molar refractivity (Wildman–Crippen MR) is 126 cm³/mol. The third-order valence-electron chi connectivity index (χ3n) is 6.05. The normalized spacial score (nSPS) is 18.9. The first-order valence-electron chi connectivity index (χ1n) is 11.3. The summed E-state index contributed by atoms with van der Waals surface area (Å²) in [5.74, 6) is -0.172. The summed E-state index contributed by atoms with van der Waals surface area (Å²) in [5.41, 5.74) is 2.10. The molecule has 1 unspecified atom stereocenters. The number of para-hydroxylation sites is 2. The molecule has 0 spiro atoms. The van der Waals surface area contributed by atoms with Crippen molar-refractivity contribution in [3.63, 3.8) is 0 Å². The molecule has 2 aromatic carbocycles. The molecule has 0 aromatic heterocycles. The number of hydrogen-bond acceptors (Lipinski definition) is 6. The van der Waals surface area contributed by atoms with Gasteiger partial charge in [-0.2, -0.15) is 0 Å². The van der Waals surface area contributed by atoms with Crippen molar-refractivity contribution in [2.75, 3.05) is 51.3 Å². The smallest absolute Gasteiger partial charge is 0.338 e. The highest BCUT2D eigenvalue weighted by Crippen LogP contribution is 2.34. The second-order valence-corrected chi connectivity index (χ2v) is 8.10. The Hall–Kier alpha value is -3.59. The highest BCUT2D eigenvalue weighted by Gasteiger charge is 2.36. The number of methoxy groups -OCH3 is 1. The number of carbonyl (C=O) groups is 2. The molecule has 9 heteroatoms. The fourth-order valence-electron chi connectivity index (χ4n) is 4.41. The third kappa shape index (κ3) is 4.99. The maximum Gasteiger partial charge on any atom is 0.338 e. The molecule has 0 aliphatic carbocycles. The lowest BCUT2D eigenvalue weighted by atomic mass is 9.94. The number of nitrogens with one attached hydrogen (secondary N) is 2. The number of anilines is 1. The standard InChI is InChI=1S/C25H29FN4O4/c1-3-34-24(31)22-19(27-25(32)28-23(22)17-8-4-7-11-21(17)33-2)16-29-12-14-30(15-13-29)20-10-6-5-9-18(20)26/h4-11,23H,3,12-16H2,1-2H3,(H2,27,28,32). The summed E-state index contributed by atoms with van der Waals surface area (Å²) in [4.78, 5) is 29.8. The van der Waals surface area contributed by atoms with Gasteiger partial charge in [0.25, 0.3) is 0 Å². The first-order chi connectivity index (χ1) is 16.5. The molecular formula is C25H29FN4O4. The average Bonchev–Trinajstić information content (AvgIpc) is 2.84. The van der Waals surface area contributed by atoms with E-state index in [1.807, 2.05) is 29.2 Å². The molecule has 8 nitrogen and oxygen atoms in total. The summed E-state index contributed by atoms with van der Waals surface area (Å²) in [6.45, 7) is 4.87. The lowest BCUT2D eigenvalue weighted by Crippen LogP contribution is -2.52. The second kappa shape index (κ2) is 10.6. The Bertz CT molecular complexity index is 1080. The second-order valence-electron chi connectivity index (χ2n) is 8.10. The van der Waals surface area contributed by atoms with Crippen LogP contribution in [0.15, 0.2) is 59.8 Å². The van der Waals surface area contributed by atoms with Crippen molar-refractivity contribution in [3.05, 3.63) is 71.2 Å². The summed E-state index contributed by atoms with van der Waals surface area (Å²) in [7, 11) is 1.55. The summed E-state index contributed by atoms with van der Waals surface area (Å²) >= 11 is 0. The molecule has 1 atom stereocenters. The van der Waals surface area contributed by atoms with Crippen molar-refractivity contribution >= 4 is 17.7 Å². The van der Waals surface area contributed by atoms with Gasteiger partial charge >= 0.3 is 12.0 Å². The maximum absolute atomic E-state index is 14.2. The minimum atomic E-state index is -0.710. The number of nitrogens with zero attached hydrogens (tertiary/aromatic N) is 2. The number of carbonyl (C=O) groups excluding carboxylic acids is 2. The van der Waals surface area contributed by atoms with Gasteiger partial charge in [0, 0.05) is 44.0 Å². The molecule has 2 aliphatic heterocycles. The van der Waals surface area contributed by atoms with Crippen molar-refractivity contribution in [1.29, 1.82) is 0 Å². The summed E-state index contributed by atoms with van der Waals surface area (Å²) in [6, 6.07) is 12.9. The molecule has 2 N–H and O–H groups in total. The number of benzene rings is 2. The van der Waals surface area contributed by atoms with E-state index in [1.165, 1.54) is 6.07 Å². The van der Waals surface area contributed by atoms with Crippen LogP contribution < -0.4 is 20.3 Å². The third-order valence-corrected chi connectivity index (χ3v) is 6.05. The van der Waals surface area contributed by atoms with Crippen LogP contribution in [0.3, 0.4) is 0 Å². The largest absolute Gasteiger partial charge is 0.496 e. The molecule has 1 fully saturated rings. The number of urea groups is 1. The highest BCUT2D eigenvalue weighted by molar-refractivity contribution is 5.95. The number of amides is 2. The van der Waals surface area contributed by atoms with Gasteiger partial charge < -0.3 is 25.0 Å². The Kier molecular flexibility index (Phi) is 7.32. The molecule has 2 heterocycles. The van der Waals surface area contributed by atoms with Crippen molar-refractivity contribution in [3.8, 4) is 5.75 Å². The Morgan fingerprint density at radius 2 is 1.79 bits per heavy atom. The predicted octanol–water partition coefficient (Wildman–Crippen LogP) is 2.83. The number of rotatable bonds is 7. The SMILES string of the molecule is CCOC(=O)C1=C(CN2CCN(c3ccccc3F)CC2)NC(=O)NC1c1ccccc1OC. The molecule has 180 valence electrons. The minimum Gasteiger partial charge on any atom is -0.496 e. The van der Waals surface area contributed by atoms with Gasteiger partial charge in [-0.1, -0.05) is 30.3 Å². The molecule has 0 saturated carbocycles. The van der Waals surface area contributed by atoms with E-state index in [9.17, 15) is 14.0 Å². The molecule has 0 radical (unpaired) electrons. The topological polar surface area (TPSA) is 83.1 Å². The van der Waals surface area contributed by atoms with Crippen molar-refractivity contribution in [1.82, 2.24) is 15.5 Å². The summed E-state index contributed by atoms with van der Waals surface area (Å²) in [6.07, 6.45) is 0. The van der Waals surface area contributed by atoms with Gasteiger partial charge in [0.1, 0.15) is 11.6 Å². The van der Waals surface area contributed by atoms with Gasteiger partial charge in [0.2, 0.25) is 0 Å². The summed E-state index contributed by atoms with van der Waals surface area (Å²) in [5, 5.41) is 5.66. The van der Waals surface area contributed by atoms with Crippen LogP contribution in [0.5, 0.6) is 5.75 Å². The van der Waals surface area contributed by atoms with Crippen LogP contribution in [-0.4, -0.2) is 63.3 Å². The molecule has 2 aliphatic rings. The quantitative estimate of drug-likeness (QED) is 0.608. The molecule has 2 amide bonds. The zero-order valence-corrected chi connectivity index (χ0v) is 19.3. The molecule has 4 rings (SSSR count). The van der Waals surface area contributed by atoms with E-state index in [4.69, 9.17) is 9.47 Å². The highest BCUT2D eigenvalue weighted by atomic mass is 19.1. The number of esters is 1. The van der Waals surface area contributed by atoms with E-state index in [1.54, 1.807) is 32.2 Å². The Morgan fingerprint density at radius 1 is 1.09 bits per heavy atom. The lowest BCUT2D eigenvalue weighted by Gasteiger charge is -2.38. The van der Waals surface area contributed by atoms with Gasteiger partial charge in [-0.05, 0) is 25.1 Å². The van der Waals surface area contributed by atoms with E-state index in [2.05, 4.69) is 15.5 Å². The minimum absolute atomic E-state index is 0.212. The fraction of sp³-hybridized carbons (Fsp3) is 0.360. The maximum atomic E-state index is 14.2. The molecule has 2 aromatic rings. The van der Waals surface area contributed by atoms with E-state index < -0.39 is 18.0 Å². The van der Waals surface area contributed by atoms with Crippen LogP contribution in [0.2, 0.25) is 0 Å². The molecular weight excluding hydrogens is 439 g/mol. The van der Waals surface area contributed by atoms with Crippen molar-refractivity contribution in [2.24, 2.45) is 0 Å². The number of piperazine rings is 1. The van der Waals surface area contributed by atoms with Gasteiger partial charge in [0.15, 0.2) is 0 Å². The van der Waals surface area contributed by atoms with Gasteiger partial charge in [-0.15, -0.1) is 0 Å². The van der Waals surface area contributed by atoms with Crippen molar-refractivity contribution < 1.29 is 23.5 Å². The van der Waals surface area contributed by atoms with E-state index in [0.29, 0.717) is 61.0 Å². The van der Waals surface area contributed by atoms with Crippen LogP contribution in [-0.2, 0) is 9.53 Å². The van der Waals surface area contributed by atoms with Crippen molar-refractivity contribution in [2.45, 2.75) is 13.0 Å². The van der Waals surface area contributed by atoms with E-state index >= 15 is 0 Å². The number of ether oxygens (including phenoxy) is 2. The monoisotopic (exact) mass is 468 g/mol. The first kappa shape index (κ1) is 23.6. The zero-order chi connectivity index (χ0) is 24.1. The molecule has 34 heavy (non-hydrogen) atoms. The fourth-order valence-corrected chi connectivity index (χ4v) is 4.41. The lowest BCUT2D eigenvalue weighted by molar-refractivity contribution is -0.139. The number of halogens is 1. The van der Waals surface area contributed by atoms with Crippen LogP contribution >= 0.6 is 0 Å². The van der Waals surface area contributed by atoms with Gasteiger partial charge in [0.05, 0.1) is 31.0 Å².